The van der Waals surface area contributed by atoms with Crippen molar-refractivity contribution in [2.75, 3.05) is 6.54 Å². The Morgan fingerprint density at radius 1 is 1.33 bits per heavy atom. The van der Waals surface area contributed by atoms with Gasteiger partial charge >= 0.3 is 0 Å². The van der Waals surface area contributed by atoms with Gasteiger partial charge in [-0.3, -0.25) is 4.79 Å². The Bertz CT molecular complexity index is 514. The van der Waals surface area contributed by atoms with Gasteiger partial charge in [0, 0.05) is 11.6 Å². The first kappa shape index (κ1) is 14.9. The van der Waals surface area contributed by atoms with E-state index in [2.05, 4.69) is 10.0 Å². The number of halogens is 1. The summed E-state index contributed by atoms with van der Waals surface area (Å²) in [5, 5.41) is 2.99. The van der Waals surface area contributed by atoms with E-state index in [4.69, 9.17) is 11.6 Å². The third kappa shape index (κ3) is 3.97. The molecule has 0 aliphatic rings. The standard InChI is InChI=1S/C11H15ClN2O3S/c1-3-13-11(15)8(2)14-18(16,17)10-6-4-9(12)5-7-10/h4-8,14H,3H2,1-2H3,(H,13,15). The number of sulfonamides is 1. The molecule has 7 heteroatoms. The molecule has 1 unspecified atom stereocenters. The molecule has 0 radical (unpaired) electrons. The maximum absolute atomic E-state index is 11.9. The quantitative estimate of drug-likeness (QED) is 0.854. The van der Waals surface area contributed by atoms with Crippen LogP contribution >= 0.6 is 11.6 Å². The zero-order valence-electron chi connectivity index (χ0n) is 10.1. The molecule has 5 nitrogen and oxygen atoms in total. The summed E-state index contributed by atoms with van der Waals surface area (Å²) in [4.78, 5) is 11.5. The van der Waals surface area contributed by atoms with Gasteiger partial charge in [-0.25, -0.2) is 8.42 Å². The van der Waals surface area contributed by atoms with Gasteiger partial charge in [-0.2, -0.15) is 4.72 Å². The molecule has 18 heavy (non-hydrogen) atoms. The molecule has 0 fully saturated rings. The van der Waals surface area contributed by atoms with Crippen molar-refractivity contribution in [2.24, 2.45) is 0 Å². The molecule has 1 aromatic carbocycles. The van der Waals surface area contributed by atoms with Gasteiger partial charge in [0.15, 0.2) is 0 Å². The second kappa shape index (κ2) is 6.17. The monoisotopic (exact) mass is 290 g/mol. The summed E-state index contributed by atoms with van der Waals surface area (Å²) in [5.74, 6) is -0.366. The predicted molar refractivity (Wildman–Crippen MR) is 69.9 cm³/mol. The average molecular weight is 291 g/mol. The lowest BCUT2D eigenvalue weighted by Crippen LogP contribution is -2.44. The zero-order chi connectivity index (χ0) is 13.8. The number of hydrogen-bond donors (Lipinski definition) is 2. The van der Waals surface area contributed by atoms with Crippen LogP contribution in [0.1, 0.15) is 13.8 Å². The first-order valence-electron chi connectivity index (χ1n) is 5.42. The summed E-state index contributed by atoms with van der Waals surface area (Å²) in [6.07, 6.45) is 0. The summed E-state index contributed by atoms with van der Waals surface area (Å²) in [5.41, 5.74) is 0. The Kier molecular flexibility index (Phi) is 5.13. The SMILES string of the molecule is CCNC(=O)C(C)NS(=O)(=O)c1ccc(Cl)cc1. The molecule has 100 valence electrons. The summed E-state index contributed by atoms with van der Waals surface area (Å²) in [6.45, 7) is 3.70. The van der Waals surface area contributed by atoms with Crippen LogP contribution in [0, 0.1) is 0 Å². The number of nitrogens with one attached hydrogen (secondary N) is 2. The van der Waals surface area contributed by atoms with Gasteiger partial charge < -0.3 is 5.32 Å². The normalized spacial score (nSPS) is 13.1. The van der Waals surface area contributed by atoms with Gasteiger partial charge in [-0.1, -0.05) is 11.6 Å². The Morgan fingerprint density at radius 3 is 2.39 bits per heavy atom. The molecule has 1 aromatic rings. The highest BCUT2D eigenvalue weighted by Crippen LogP contribution is 2.14. The van der Waals surface area contributed by atoms with Crippen molar-refractivity contribution in [2.45, 2.75) is 24.8 Å². The molecular formula is C11H15ClN2O3S. The van der Waals surface area contributed by atoms with Gasteiger partial charge in [-0.05, 0) is 38.1 Å². The molecule has 2 N–H and O–H groups in total. The number of carbonyl (C=O) groups is 1. The van der Waals surface area contributed by atoms with Crippen LogP contribution in [-0.4, -0.2) is 26.9 Å². The lowest BCUT2D eigenvalue weighted by Gasteiger charge is -2.13. The fraction of sp³-hybridized carbons (Fsp3) is 0.364. The Morgan fingerprint density at radius 2 is 1.89 bits per heavy atom. The van der Waals surface area contributed by atoms with Gasteiger partial charge in [-0.15, -0.1) is 0 Å². The molecule has 1 atom stereocenters. The van der Waals surface area contributed by atoms with Crippen LogP contribution in [0.2, 0.25) is 5.02 Å². The highest BCUT2D eigenvalue weighted by molar-refractivity contribution is 7.89. The van der Waals surface area contributed by atoms with E-state index in [9.17, 15) is 13.2 Å². The molecule has 1 rings (SSSR count). The van der Waals surface area contributed by atoms with Crippen molar-refractivity contribution < 1.29 is 13.2 Å². The molecule has 0 saturated carbocycles. The summed E-state index contributed by atoms with van der Waals surface area (Å²) in [6, 6.07) is 4.90. The van der Waals surface area contributed by atoms with Crippen molar-refractivity contribution in [3.05, 3.63) is 29.3 Å². The summed E-state index contributed by atoms with van der Waals surface area (Å²) >= 11 is 5.68. The molecular weight excluding hydrogens is 276 g/mol. The third-order valence-electron chi connectivity index (χ3n) is 2.20. The summed E-state index contributed by atoms with van der Waals surface area (Å²) in [7, 11) is -3.71. The van der Waals surface area contributed by atoms with E-state index in [0.29, 0.717) is 11.6 Å². The maximum atomic E-state index is 11.9. The van der Waals surface area contributed by atoms with Crippen molar-refractivity contribution in [3.8, 4) is 0 Å². The zero-order valence-corrected chi connectivity index (χ0v) is 11.7. The molecule has 0 heterocycles. The minimum atomic E-state index is -3.71. The highest BCUT2D eigenvalue weighted by atomic mass is 35.5. The van der Waals surface area contributed by atoms with Crippen LogP contribution < -0.4 is 10.0 Å². The van der Waals surface area contributed by atoms with E-state index in [1.807, 2.05) is 0 Å². The van der Waals surface area contributed by atoms with E-state index in [1.165, 1.54) is 31.2 Å². The lowest BCUT2D eigenvalue weighted by atomic mass is 10.3. The molecule has 1 amide bonds. The maximum Gasteiger partial charge on any atom is 0.241 e. The van der Waals surface area contributed by atoms with E-state index >= 15 is 0 Å². The van der Waals surface area contributed by atoms with Gasteiger partial charge in [0.25, 0.3) is 0 Å². The van der Waals surface area contributed by atoms with Gasteiger partial charge in [0.05, 0.1) is 10.9 Å². The average Bonchev–Trinajstić information content (AvgIpc) is 2.29. The molecule has 0 aliphatic carbocycles. The van der Waals surface area contributed by atoms with E-state index in [-0.39, 0.29) is 10.8 Å². The van der Waals surface area contributed by atoms with Crippen LogP contribution in [0.3, 0.4) is 0 Å². The van der Waals surface area contributed by atoms with E-state index in [1.54, 1.807) is 6.92 Å². The van der Waals surface area contributed by atoms with Crippen LogP contribution in [-0.2, 0) is 14.8 Å². The largest absolute Gasteiger partial charge is 0.355 e. The number of benzene rings is 1. The number of hydrogen-bond acceptors (Lipinski definition) is 3. The molecule has 0 aromatic heterocycles. The highest BCUT2D eigenvalue weighted by Gasteiger charge is 2.21. The van der Waals surface area contributed by atoms with Crippen LogP contribution in [0.4, 0.5) is 0 Å². The fourth-order valence-corrected chi connectivity index (χ4v) is 2.62. The molecule has 0 saturated heterocycles. The van der Waals surface area contributed by atoms with E-state index < -0.39 is 16.1 Å². The van der Waals surface area contributed by atoms with Crippen molar-refractivity contribution in [1.29, 1.82) is 0 Å². The number of amides is 1. The Hall–Kier alpha value is -1.11. The first-order valence-corrected chi connectivity index (χ1v) is 7.28. The Labute approximate surface area is 112 Å². The number of likely N-dealkylation sites (N-methyl/N-ethyl adjacent to an activating group) is 1. The minimum absolute atomic E-state index is 0.0723. The second-order valence-electron chi connectivity index (χ2n) is 3.69. The smallest absolute Gasteiger partial charge is 0.241 e. The van der Waals surface area contributed by atoms with Crippen molar-refractivity contribution in [3.63, 3.8) is 0 Å². The van der Waals surface area contributed by atoms with Crippen LogP contribution in [0.25, 0.3) is 0 Å². The van der Waals surface area contributed by atoms with Crippen LogP contribution in [0.15, 0.2) is 29.2 Å². The fourth-order valence-electron chi connectivity index (χ4n) is 1.30. The predicted octanol–water partition coefficient (Wildman–Crippen LogP) is 1.14. The molecule has 0 bridgehead atoms. The first-order chi connectivity index (χ1) is 8.36. The molecule has 0 spiro atoms. The van der Waals surface area contributed by atoms with Gasteiger partial charge in [0.1, 0.15) is 0 Å². The van der Waals surface area contributed by atoms with Crippen molar-refractivity contribution in [1.82, 2.24) is 10.0 Å². The topological polar surface area (TPSA) is 75.3 Å². The van der Waals surface area contributed by atoms with Crippen molar-refractivity contribution >= 4 is 27.5 Å². The third-order valence-corrected chi connectivity index (χ3v) is 4.01. The number of rotatable bonds is 5. The lowest BCUT2D eigenvalue weighted by molar-refractivity contribution is -0.122. The van der Waals surface area contributed by atoms with Crippen LogP contribution in [0.5, 0.6) is 0 Å². The minimum Gasteiger partial charge on any atom is -0.355 e. The van der Waals surface area contributed by atoms with E-state index in [0.717, 1.165) is 0 Å². The Balaban J connectivity index is 2.82. The second-order valence-corrected chi connectivity index (χ2v) is 5.84. The van der Waals surface area contributed by atoms with Gasteiger partial charge in [0.2, 0.25) is 15.9 Å². The number of carbonyl (C=O) groups excluding carboxylic acids is 1. The molecule has 0 aliphatic heterocycles. The summed E-state index contributed by atoms with van der Waals surface area (Å²) < 4.78 is 26.2.